The van der Waals surface area contributed by atoms with Crippen LogP contribution in [0.5, 0.6) is 5.75 Å². The number of thiophene rings is 1. The number of rotatable bonds is 8. The molecule has 0 unspecified atom stereocenters. The van der Waals surface area contributed by atoms with Crippen molar-refractivity contribution in [3.63, 3.8) is 0 Å². The Balaban J connectivity index is 2.58. The number of carboxylic acid groups (broad SMARTS) is 1. The van der Waals surface area contributed by atoms with Crippen LogP contribution in [0.4, 0.5) is 0 Å². The molecule has 112 valence electrons. The molecule has 0 saturated heterocycles. The molecule has 0 aliphatic carbocycles. The van der Waals surface area contributed by atoms with Crippen LogP contribution >= 0.6 is 11.3 Å². The Labute approximate surface area is 123 Å². The van der Waals surface area contributed by atoms with Gasteiger partial charge in [0, 0.05) is 13.0 Å². The molecule has 1 aromatic heterocycles. The normalized spacial score (nSPS) is 12.2. The Bertz CT molecular complexity index is 456. The van der Waals surface area contributed by atoms with E-state index in [-0.39, 0.29) is 18.2 Å². The first-order valence-corrected chi connectivity index (χ1v) is 7.43. The average molecular weight is 299 g/mol. The number of aliphatic carboxylic acids is 1. The lowest BCUT2D eigenvalue weighted by Crippen LogP contribution is -2.30. The van der Waals surface area contributed by atoms with Crippen molar-refractivity contribution in [2.75, 3.05) is 13.7 Å². The second-order valence-corrected chi connectivity index (χ2v) is 6.04. The van der Waals surface area contributed by atoms with Crippen molar-refractivity contribution in [1.29, 1.82) is 0 Å². The van der Waals surface area contributed by atoms with Crippen molar-refractivity contribution in [1.82, 2.24) is 5.32 Å². The number of nitrogens with one attached hydrogen (secondary N) is 1. The van der Waals surface area contributed by atoms with E-state index in [2.05, 4.69) is 5.32 Å². The number of carbonyl (C=O) groups is 2. The molecular weight excluding hydrogens is 278 g/mol. The first-order chi connectivity index (χ1) is 9.43. The van der Waals surface area contributed by atoms with Gasteiger partial charge in [0.15, 0.2) is 0 Å². The molecule has 0 saturated carbocycles. The van der Waals surface area contributed by atoms with Gasteiger partial charge in [0.25, 0.3) is 5.91 Å². The molecular formula is C14H21NO4S. The van der Waals surface area contributed by atoms with E-state index in [0.29, 0.717) is 23.1 Å². The summed E-state index contributed by atoms with van der Waals surface area (Å²) in [6, 6.07) is 1.74. The summed E-state index contributed by atoms with van der Waals surface area (Å²) >= 11 is 1.31. The van der Waals surface area contributed by atoms with Crippen LogP contribution in [0.2, 0.25) is 0 Å². The zero-order valence-corrected chi connectivity index (χ0v) is 12.8. The maximum Gasteiger partial charge on any atom is 0.303 e. The highest BCUT2D eigenvalue weighted by Gasteiger charge is 2.18. The summed E-state index contributed by atoms with van der Waals surface area (Å²) in [6.45, 7) is 4.45. The molecule has 5 nitrogen and oxygen atoms in total. The molecule has 0 radical (unpaired) electrons. The topological polar surface area (TPSA) is 75.6 Å². The first kappa shape index (κ1) is 16.5. The standard InChI is InChI=1S/C14H21NO4S/c1-9(2)6-10(7-12(16)17)8-15-14(18)13-11(19-3)4-5-20-13/h4-5,9-10H,6-8H2,1-3H3,(H,15,18)(H,16,17)/t10-/m0/s1. The lowest BCUT2D eigenvalue weighted by molar-refractivity contribution is -0.138. The molecule has 0 aliphatic heterocycles. The zero-order chi connectivity index (χ0) is 15.1. The maximum absolute atomic E-state index is 12.0. The number of carboxylic acids is 1. The quantitative estimate of drug-likeness (QED) is 0.773. The molecule has 2 N–H and O–H groups in total. The van der Waals surface area contributed by atoms with E-state index >= 15 is 0 Å². The van der Waals surface area contributed by atoms with Gasteiger partial charge in [-0.15, -0.1) is 11.3 Å². The summed E-state index contributed by atoms with van der Waals surface area (Å²) in [4.78, 5) is 23.4. The van der Waals surface area contributed by atoms with Crippen molar-refractivity contribution < 1.29 is 19.4 Å². The van der Waals surface area contributed by atoms with E-state index in [1.165, 1.54) is 18.4 Å². The van der Waals surface area contributed by atoms with Gasteiger partial charge in [-0.05, 0) is 29.7 Å². The van der Waals surface area contributed by atoms with Crippen molar-refractivity contribution in [2.24, 2.45) is 11.8 Å². The molecule has 1 amide bonds. The fourth-order valence-corrected chi connectivity index (χ4v) is 2.87. The van der Waals surface area contributed by atoms with E-state index in [0.717, 1.165) is 6.42 Å². The second-order valence-electron chi connectivity index (χ2n) is 5.12. The molecule has 0 aromatic carbocycles. The van der Waals surface area contributed by atoms with Crippen molar-refractivity contribution >= 4 is 23.2 Å². The first-order valence-electron chi connectivity index (χ1n) is 6.55. The van der Waals surface area contributed by atoms with Gasteiger partial charge in [0.2, 0.25) is 0 Å². The highest BCUT2D eigenvalue weighted by Crippen LogP contribution is 2.24. The Morgan fingerprint density at radius 2 is 2.15 bits per heavy atom. The van der Waals surface area contributed by atoms with Crippen LogP contribution in [-0.4, -0.2) is 30.6 Å². The minimum atomic E-state index is -0.835. The SMILES string of the molecule is COc1ccsc1C(=O)NC[C@H](CC(=O)O)CC(C)C. The van der Waals surface area contributed by atoms with Crippen molar-refractivity contribution in [2.45, 2.75) is 26.7 Å². The maximum atomic E-state index is 12.0. The monoisotopic (exact) mass is 299 g/mol. The highest BCUT2D eigenvalue weighted by molar-refractivity contribution is 7.12. The lowest BCUT2D eigenvalue weighted by Gasteiger charge is -2.17. The van der Waals surface area contributed by atoms with Crippen LogP contribution in [0, 0.1) is 11.8 Å². The summed E-state index contributed by atoms with van der Waals surface area (Å²) in [5.74, 6) is -0.157. The lowest BCUT2D eigenvalue weighted by atomic mass is 9.94. The molecule has 0 aliphatic rings. The molecule has 0 fully saturated rings. The third kappa shape index (κ3) is 5.21. The van der Waals surface area contributed by atoms with Crippen LogP contribution in [0.1, 0.15) is 36.4 Å². The van der Waals surface area contributed by atoms with E-state index in [1.54, 1.807) is 11.4 Å². The Kier molecular flexibility index (Phi) is 6.51. The molecule has 6 heteroatoms. The highest BCUT2D eigenvalue weighted by atomic mass is 32.1. The fraction of sp³-hybridized carbons (Fsp3) is 0.571. The number of hydrogen-bond acceptors (Lipinski definition) is 4. The van der Waals surface area contributed by atoms with Crippen molar-refractivity contribution in [3.8, 4) is 5.75 Å². The largest absolute Gasteiger partial charge is 0.495 e. The molecule has 1 heterocycles. The van der Waals surface area contributed by atoms with Gasteiger partial charge in [-0.3, -0.25) is 9.59 Å². The summed E-state index contributed by atoms with van der Waals surface area (Å²) in [7, 11) is 1.52. The van der Waals surface area contributed by atoms with Crippen LogP contribution in [-0.2, 0) is 4.79 Å². The van der Waals surface area contributed by atoms with Crippen LogP contribution in [0.15, 0.2) is 11.4 Å². The Morgan fingerprint density at radius 3 is 2.70 bits per heavy atom. The van der Waals surface area contributed by atoms with Crippen molar-refractivity contribution in [3.05, 3.63) is 16.3 Å². The minimum Gasteiger partial charge on any atom is -0.495 e. The van der Waals surface area contributed by atoms with Crippen LogP contribution in [0.3, 0.4) is 0 Å². The summed E-state index contributed by atoms with van der Waals surface area (Å²) < 4.78 is 5.10. The number of methoxy groups -OCH3 is 1. The second kappa shape index (κ2) is 7.89. The van der Waals surface area contributed by atoms with Gasteiger partial charge in [-0.2, -0.15) is 0 Å². The van der Waals surface area contributed by atoms with E-state index < -0.39 is 5.97 Å². The molecule has 1 aromatic rings. The Hall–Kier alpha value is -1.56. The summed E-state index contributed by atoms with van der Waals surface area (Å²) in [6.07, 6.45) is 0.841. The van der Waals surface area contributed by atoms with Crippen LogP contribution in [0.25, 0.3) is 0 Å². The molecule has 0 bridgehead atoms. The third-order valence-corrected chi connectivity index (χ3v) is 3.77. The summed E-state index contributed by atoms with van der Waals surface area (Å²) in [5.41, 5.74) is 0. The van der Waals surface area contributed by atoms with Gasteiger partial charge in [-0.25, -0.2) is 0 Å². The molecule has 0 spiro atoms. The van der Waals surface area contributed by atoms with E-state index in [9.17, 15) is 9.59 Å². The van der Waals surface area contributed by atoms with Gasteiger partial charge < -0.3 is 15.2 Å². The third-order valence-electron chi connectivity index (χ3n) is 2.87. The smallest absolute Gasteiger partial charge is 0.303 e. The number of hydrogen-bond donors (Lipinski definition) is 2. The van der Waals surface area contributed by atoms with Gasteiger partial charge in [-0.1, -0.05) is 13.8 Å². The predicted molar refractivity (Wildman–Crippen MR) is 78.4 cm³/mol. The van der Waals surface area contributed by atoms with Crippen LogP contribution < -0.4 is 10.1 Å². The van der Waals surface area contributed by atoms with Gasteiger partial charge in [0.05, 0.1) is 7.11 Å². The zero-order valence-electron chi connectivity index (χ0n) is 12.0. The minimum absolute atomic E-state index is 0.0533. The van der Waals surface area contributed by atoms with E-state index in [4.69, 9.17) is 9.84 Å². The Morgan fingerprint density at radius 1 is 1.45 bits per heavy atom. The predicted octanol–water partition coefficient (Wildman–Crippen LogP) is 2.62. The summed E-state index contributed by atoms with van der Waals surface area (Å²) in [5, 5.41) is 13.5. The fourth-order valence-electron chi connectivity index (χ4n) is 2.09. The van der Waals surface area contributed by atoms with E-state index in [1.807, 2.05) is 13.8 Å². The number of amides is 1. The number of ether oxygens (including phenoxy) is 1. The van der Waals surface area contributed by atoms with Gasteiger partial charge >= 0.3 is 5.97 Å². The molecule has 1 rings (SSSR count). The average Bonchev–Trinajstić information content (AvgIpc) is 2.82. The molecule has 1 atom stereocenters. The van der Waals surface area contributed by atoms with Gasteiger partial charge in [0.1, 0.15) is 10.6 Å². The number of carbonyl (C=O) groups excluding carboxylic acids is 1. The molecule has 20 heavy (non-hydrogen) atoms.